The summed E-state index contributed by atoms with van der Waals surface area (Å²) in [6.07, 6.45) is -3.41. The van der Waals surface area contributed by atoms with Gasteiger partial charge in [-0.05, 0) is 0 Å². The Morgan fingerprint density at radius 2 is 1.95 bits per heavy atom. The summed E-state index contributed by atoms with van der Waals surface area (Å²) in [6.45, 7) is 4.01. The molecule has 2 aliphatic heterocycles. The van der Waals surface area contributed by atoms with Crippen LogP contribution in [0.3, 0.4) is 0 Å². The van der Waals surface area contributed by atoms with Gasteiger partial charge in [-0.1, -0.05) is 36.4 Å². The van der Waals surface area contributed by atoms with Gasteiger partial charge in [0.15, 0.2) is 12.6 Å². The second-order valence-corrected chi connectivity index (χ2v) is 5.32. The van der Waals surface area contributed by atoms with E-state index < -0.39 is 37.0 Å². The summed E-state index contributed by atoms with van der Waals surface area (Å²) in [5.41, 5.74) is 0.854. The van der Waals surface area contributed by atoms with E-state index in [0.29, 0.717) is 0 Å². The zero-order valence-electron chi connectivity index (χ0n) is 12.1. The molecule has 2 saturated heterocycles. The summed E-state index contributed by atoms with van der Waals surface area (Å²) < 4.78 is 22.4. The van der Waals surface area contributed by atoms with E-state index in [1.165, 1.54) is 0 Å². The second-order valence-electron chi connectivity index (χ2n) is 5.32. The lowest BCUT2D eigenvalue weighted by molar-refractivity contribution is -0.360. The minimum absolute atomic E-state index is 0.222. The summed E-state index contributed by atoms with van der Waals surface area (Å²) in [6, 6.07) is 9.44. The van der Waals surface area contributed by atoms with E-state index in [1.54, 1.807) is 6.08 Å². The molecule has 6 heteroatoms. The van der Waals surface area contributed by atoms with Gasteiger partial charge in [0.1, 0.15) is 24.4 Å². The van der Waals surface area contributed by atoms with E-state index in [-0.39, 0.29) is 13.2 Å². The van der Waals surface area contributed by atoms with Crippen molar-refractivity contribution in [3.63, 3.8) is 0 Å². The van der Waals surface area contributed by atoms with Gasteiger partial charge in [0.25, 0.3) is 0 Å². The average molecular weight is 308 g/mol. The minimum Gasteiger partial charge on any atom is -0.387 e. The van der Waals surface area contributed by atoms with Crippen LogP contribution in [0.1, 0.15) is 11.9 Å². The van der Waals surface area contributed by atoms with Crippen molar-refractivity contribution in [2.45, 2.75) is 37.0 Å². The zero-order chi connectivity index (χ0) is 15.5. The molecular weight excluding hydrogens is 288 g/mol. The van der Waals surface area contributed by atoms with Gasteiger partial charge >= 0.3 is 0 Å². The first-order valence-corrected chi connectivity index (χ1v) is 7.27. The molecule has 0 radical (unpaired) electrons. The molecule has 2 heterocycles. The molecular formula is C16H20O6. The fourth-order valence-electron chi connectivity index (χ4n) is 2.66. The molecule has 22 heavy (non-hydrogen) atoms. The third-order valence-electron chi connectivity index (χ3n) is 3.78. The van der Waals surface area contributed by atoms with Crippen molar-refractivity contribution < 1.29 is 29.2 Å². The van der Waals surface area contributed by atoms with Crippen LogP contribution in [0.25, 0.3) is 0 Å². The highest BCUT2D eigenvalue weighted by Gasteiger charge is 2.49. The Morgan fingerprint density at radius 3 is 2.68 bits per heavy atom. The van der Waals surface area contributed by atoms with Crippen molar-refractivity contribution in [3.8, 4) is 0 Å². The Hall–Kier alpha value is -1.28. The molecule has 6 atom stereocenters. The molecule has 0 saturated carbocycles. The summed E-state index contributed by atoms with van der Waals surface area (Å²) >= 11 is 0. The average Bonchev–Trinajstić information content (AvgIpc) is 2.57. The molecule has 0 aromatic heterocycles. The molecule has 3 unspecified atom stereocenters. The molecule has 1 aromatic rings. The molecule has 0 spiro atoms. The third kappa shape index (κ3) is 3.08. The summed E-state index contributed by atoms with van der Waals surface area (Å²) in [5, 5.41) is 20.4. The van der Waals surface area contributed by atoms with Gasteiger partial charge in [0.05, 0.1) is 13.2 Å². The molecule has 0 amide bonds. The smallest absolute Gasteiger partial charge is 0.187 e. The van der Waals surface area contributed by atoms with Crippen molar-refractivity contribution in [1.29, 1.82) is 0 Å². The molecule has 6 nitrogen and oxygen atoms in total. The number of aliphatic hydroxyl groups is 2. The lowest BCUT2D eigenvalue weighted by Crippen LogP contribution is -2.62. The molecule has 2 aliphatic rings. The molecule has 2 N–H and O–H groups in total. The number of rotatable bonds is 4. The van der Waals surface area contributed by atoms with E-state index in [1.807, 2.05) is 30.3 Å². The van der Waals surface area contributed by atoms with Crippen molar-refractivity contribution in [2.75, 3.05) is 13.2 Å². The van der Waals surface area contributed by atoms with Crippen LogP contribution in [0.15, 0.2) is 43.0 Å². The predicted molar refractivity (Wildman–Crippen MR) is 76.8 cm³/mol. The molecule has 0 bridgehead atoms. The van der Waals surface area contributed by atoms with Crippen LogP contribution in [0.5, 0.6) is 0 Å². The van der Waals surface area contributed by atoms with E-state index in [4.69, 9.17) is 18.9 Å². The first-order valence-electron chi connectivity index (χ1n) is 7.27. The Morgan fingerprint density at radius 1 is 1.18 bits per heavy atom. The van der Waals surface area contributed by atoms with Crippen molar-refractivity contribution in [1.82, 2.24) is 0 Å². The zero-order valence-corrected chi connectivity index (χ0v) is 12.1. The van der Waals surface area contributed by atoms with E-state index >= 15 is 0 Å². The van der Waals surface area contributed by atoms with E-state index in [9.17, 15) is 10.2 Å². The van der Waals surface area contributed by atoms with Crippen molar-refractivity contribution in [3.05, 3.63) is 48.6 Å². The second kappa shape index (κ2) is 6.87. The maximum atomic E-state index is 10.3. The molecule has 2 fully saturated rings. The van der Waals surface area contributed by atoms with Gasteiger partial charge in [-0.25, -0.2) is 0 Å². The van der Waals surface area contributed by atoms with Crippen molar-refractivity contribution >= 4 is 0 Å². The Kier molecular flexibility index (Phi) is 4.87. The maximum Gasteiger partial charge on any atom is 0.187 e. The van der Waals surface area contributed by atoms with Gasteiger partial charge in [-0.2, -0.15) is 0 Å². The van der Waals surface area contributed by atoms with Crippen LogP contribution >= 0.6 is 0 Å². The quantitative estimate of drug-likeness (QED) is 0.799. The SMILES string of the molecule is C=CCO[C@H]1OC2COC(c3ccccc3)O[C@H]2[C@@H](O)C1O. The van der Waals surface area contributed by atoms with E-state index in [0.717, 1.165) is 5.56 Å². The maximum absolute atomic E-state index is 10.3. The Labute approximate surface area is 128 Å². The Balaban J connectivity index is 1.69. The normalized spacial score (nSPS) is 38.3. The van der Waals surface area contributed by atoms with Crippen LogP contribution < -0.4 is 0 Å². The number of hydrogen-bond donors (Lipinski definition) is 2. The fourth-order valence-corrected chi connectivity index (χ4v) is 2.66. The van der Waals surface area contributed by atoms with Crippen LogP contribution in [0.2, 0.25) is 0 Å². The lowest BCUT2D eigenvalue weighted by atomic mass is 9.98. The monoisotopic (exact) mass is 308 g/mol. The Bertz CT molecular complexity index is 491. The highest BCUT2D eigenvalue weighted by Crippen LogP contribution is 2.34. The highest BCUT2D eigenvalue weighted by atomic mass is 16.8. The van der Waals surface area contributed by atoms with Gasteiger partial charge in [0, 0.05) is 5.56 Å². The highest BCUT2D eigenvalue weighted by molar-refractivity contribution is 5.16. The van der Waals surface area contributed by atoms with Gasteiger partial charge < -0.3 is 29.2 Å². The number of fused-ring (bicyclic) bond motifs is 1. The first-order chi connectivity index (χ1) is 10.7. The van der Waals surface area contributed by atoms with Gasteiger partial charge in [-0.15, -0.1) is 6.58 Å². The van der Waals surface area contributed by atoms with Crippen LogP contribution in [-0.4, -0.2) is 54.1 Å². The summed E-state index contributed by atoms with van der Waals surface area (Å²) in [4.78, 5) is 0. The van der Waals surface area contributed by atoms with Gasteiger partial charge in [0.2, 0.25) is 0 Å². The number of benzene rings is 1. The van der Waals surface area contributed by atoms with Gasteiger partial charge in [-0.3, -0.25) is 0 Å². The number of ether oxygens (including phenoxy) is 4. The van der Waals surface area contributed by atoms with Crippen LogP contribution in [-0.2, 0) is 18.9 Å². The lowest BCUT2D eigenvalue weighted by Gasteiger charge is -2.46. The topological polar surface area (TPSA) is 77.4 Å². The third-order valence-corrected chi connectivity index (χ3v) is 3.78. The fraction of sp³-hybridized carbons (Fsp3) is 0.500. The number of hydrogen-bond acceptors (Lipinski definition) is 6. The van der Waals surface area contributed by atoms with Crippen LogP contribution in [0, 0.1) is 0 Å². The summed E-state index contributed by atoms with van der Waals surface area (Å²) in [7, 11) is 0. The molecule has 120 valence electrons. The number of aliphatic hydroxyl groups excluding tert-OH is 2. The minimum atomic E-state index is -1.18. The molecule has 3 rings (SSSR count). The summed E-state index contributed by atoms with van der Waals surface area (Å²) in [5.74, 6) is 0. The van der Waals surface area contributed by atoms with E-state index in [2.05, 4.69) is 6.58 Å². The standard InChI is InChI=1S/C16H20O6/c1-2-8-19-16-13(18)12(17)14-11(21-16)9-20-15(22-14)10-6-4-3-5-7-10/h2-7,11-18H,1,8-9H2/t11?,12-,13?,14+,15?,16-/m0/s1. The largest absolute Gasteiger partial charge is 0.387 e. The van der Waals surface area contributed by atoms with Crippen molar-refractivity contribution in [2.24, 2.45) is 0 Å². The van der Waals surface area contributed by atoms with Crippen LogP contribution in [0.4, 0.5) is 0 Å². The molecule has 1 aromatic carbocycles. The molecule has 0 aliphatic carbocycles. The predicted octanol–water partition coefficient (Wildman–Crippen LogP) is 0.750. The first kappa shape index (κ1) is 15.6.